The molecular formula is C29H24ClN3O4S. The van der Waals surface area contributed by atoms with Gasteiger partial charge < -0.3 is 20.5 Å². The van der Waals surface area contributed by atoms with Gasteiger partial charge in [0.15, 0.2) is 17.3 Å². The number of ketones is 1. The third-order valence-electron chi connectivity index (χ3n) is 5.97. The lowest BCUT2D eigenvalue weighted by Gasteiger charge is -2.30. The van der Waals surface area contributed by atoms with Crippen LogP contribution in [0.1, 0.15) is 28.8 Å². The van der Waals surface area contributed by atoms with Gasteiger partial charge in [0.25, 0.3) is 5.91 Å². The fourth-order valence-electron chi connectivity index (χ4n) is 4.11. The second-order valence-electron chi connectivity index (χ2n) is 8.42. The Hall–Kier alpha value is -4.19. The minimum atomic E-state index is -0.771. The standard InChI is InChI=1S/C29H24ClN3O4S/c1-17-26(28(36)33-21-6-4-3-5-7-21)27(19-10-13-23(34)25(14-19)37-2)22(15-31)29(32-17)38-16-24(35)18-8-11-20(30)12-9-18/h3-14,27,32,34H,16H2,1-2H3,(H,33,36). The van der Waals surface area contributed by atoms with Gasteiger partial charge in [0.2, 0.25) is 0 Å². The van der Waals surface area contributed by atoms with Crippen molar-refractivity contribution in [3.8, 4) is 17.6 Å². The van der Waals surface area contributed by atoms with Crippen LogP contribution in [-0.4, -0.2) is 29.7 Å². The summed E-state index contributed by atoms with van der Waals surface area (Å²) in [4.78, 5) is 26.3. The van der Waals surface area contributed by atoms with Crippen LogP contribution in [0.4, 0.5) is 5.69 Å². The van der Waals surface area contributed by atoms with Crippen LogP contribution in [-0.2, 0) is 4.79 Å². The summed E-state index contributed by atoms with van der Waals surface area (Å²) in [5.41, 5.74) is 2.85. The van der Waals surface area contributed by atoms with Crippen LogP contribution in [0.5, 0.6) is 11.5 Å². The molecule has 3 aromatic carbocycles. The summed E-state index contributed by atoms with van der Waals surface area (Å²) in [6.07, 6.45) is 0. The molecule has 0 fully saturated rings. The number of methoxy groups -OCH3 is 1. The van der Waals surface area contributed by atoms with E-state index in [1.807, 2.05) is 18.2 Å². The number of thioether (sulfide) groups is 1. The van der Waals surface area contributed by atoms with Gasteiger partial charge in [-0.1, -0.05) is 47.6 Å². The maximum absolute atomic E-state index is 13.5. The molecule has 7 nitrogen and oxygen atoms in total. The molecule has 0 bridgehead atoms. The Morgan fingerprint density at radius 1 is 1.13 bits per heavy atom. The van der Waals surface area contributed by atoms with Crippen molar-refractivity contribution in [2.75, 3.05) is 18.2 Å². The number of halogens is 1. The number of phenolic OH excluding ortho intramolecular Hbond substituents is 1. The summed E-state index contributed by atoms with van der Waals surface area (Å²) in [7, 11) is 1.43. The second-order valence-corrected chi connectivity index (χ2v) is 9.84. The lowest BCUT2D eigenvalue weighted by molar-refractivity contribution is -0.113. The molecule has 0 aromatic heterocycles. The van der Waals surface area contributed by atoms with E-state index < -0.39 is 5.92 Å². The van der Waals surface area contributed by atoms with Crippen molar-refractivity contribution in [3.05, 3.63) is 111 Å². The summed E-state index contributed by atoms with van der Waals surface area (Å²) in [5, 5.41) is 27.5. The molecule has 1 heterocycles. The van der Waals surface area contributed by atoms with Crippen LogP contribution in [0, 0.1) is 11.3 Å². The number of anilines is 1. The van der Waals surface area contributed by atoms with Gasteiger partial charge >= 0.3 is 0 Å². The number of phenols is 1. The smallest absolute Gasteiger partial charge is 0.254 e. The maximum Gasteiger partial charge on any atom is 0.254 e. The number of hydrogen-bond donors (Lipinski definition) is 3. The Balaban J connectivity index is 1.72. The predicted octanol–water partition coefficient (Wildman–Crippen LogP) is 6.00. The molecule has 0 saturated carbocycles. The largest absolute Gasteiger partial charge is 0.504 e. The number of ether oxygens (including phenoxy) is 1. The minimum absolute atomic E-state index is 0.0631. The van der Waals surface area contributed by atoms with Crippen LogP contribution in [0.3, 0.4) is 0 Å². The highest BCUT2D eigenvalue weighted by Gasteiger charge is 2.35. The zero-order valence-electron chi connectivity index (χ0n) is 20.6. The number of Topliss-reactive ketones (excluding diaryl/α,β-unsaturated/α-hetero) is 1. The number of aromatic hydroxyl groups is 1. The molecule has 192 valence electrons. The highest BCUT2D eigenvalue weighted by molar-refractivity contribution is 8.03. The molecule has 38 heavy (non-hydrogen) atoms. The number of para-hydroxylation sites is 1. The lowest BCUT2D eigenvalue weighted by Crippen LogP contribution is -2.31. The number of dihydropyridines is 1. The van der Waals surface area contributed by atoms with Gasteiger partial charge in [0.05, 0.1) is 35.5 Å². The van der Waals surface area contributed by atoms with Gasteiger partial charge in [-0.3, -0.25) is 9.59 Å². The summed E-state index contributed by atoms with van der Waals surface area (Å²) in [6.45, 7) is 1.75. The molecule has 0 saturated heterocycles. The predicted molar refractivity (Wildman–Crippen MR) is 149 cm³/mol. The number of nitrogens with zero attached hydrogens (tertiary/aromatic N) is 1. The average Bonchev–Trinajstić information content (AvgIpc) is 2.92. The van der Waals surface area contributed by atoms with Crippen molar-refractivity contribution >= 4 is 40.7 Å². The number of nitriles is 1. The molecule has 1 unspecified atom stereocenters. The number of carbonyl (C=O) groups is 2. The van der Waals surface area contributed by atoms with Crippen LogP contribution in [0.2, 0.25) is 5.02 Å². The Labute approximate surface area is 229 Å². The Morgan fingerprint density at radius 3 is 2.50 bits per heavy atom. The first-order chi connectivity index (χ1) is 18.3. The second kappa shape index (κ2) is 11.9. The Kier molecular flexibility index (Phi) is 8.41. The van der Waals surface area contributed by atoms with Crippen LogP contribution in [0.15, 0.2) is 94.7 Å². The Bertz CT molecular complexity index is 1480. The molecule has 1 aliphatic heterocycles. The number of hydrogen-bond acceptors (Lipinski definition) is 7. The third kappa shape index (κ3) is 5.86. The number of allylic oxidation sites excluding steroid dienone is 2. The van der Waals surface area contributed by atoms with Crippen LogP contribution >= 0.6 is 23.4 Å². The highest BCUT2D eigenvalue weighted by Crippen LogP contribution is 2.43. The van der Waals surface area contributed by atoms with Crippen LogP contribution < -0.4 is 15.4 Å². The van der Waals surface area contributed by atoms with E-state index in [1.54, 1.807) is 55.5 Å². The number of amides is 1. The van der Waals surface area contributed by atoms with Crippen LogP contribution in [0.25, 0.3) is 0 Å². The van der Waals surface area contributed by atoms with Gasteiger partial charge in [0.1, 0.15) is 0 Å². The quantitative estimate of drug-likeness (QED) is 0.297. The van der Waals surface area contributed by atoms with Gasteiger partial charge in [0, 0.05) is 27.5 Å². The zero-order valence-corrected chi connectivity index (χ0v) is 22.2. The van der Waals surface area contributed by atoms with E-state index in [0.717, 1.165) is 0 Å². The summed E-state index contributed by atoms with van der Waals surface area (Å²) in [6, 6.07) is 22.6. The van der Waals surface area contributed by atoms with E-state index in [2.05, 4.69) is 16.7 Å². The van der Waals surface area contributed by atoms with E-state index in [-0.39, 0.29) is 34.5 Å². The van der Waals surface area contributed by atoms with Crippen molar-refractivity contribution < 1.29 is 19.4 Å². The molecule has 9 heteroatoms. The minimum Gasteiger partial charge on any atom is -0.504 e. The fraction of sp³-hybridized carbons (Fsp3) is 0.138. The maximum atomic E-state index is 13.5. The van der Waals surface area contributed by atoms with Crippen molar-refractivity contribution in [2.24, 2.45) is 0 Å². The average molecular weight is 546 g/mol. The molecule has 0 spiro atoms. The lowest BCUT2D eigenvalue weighted by atomic mass is 9.82. The van der Waals surface area contributed by atoms with Crippen molar-refractivity contribution in [1.29, 1.82) is 5.26 Å². The molecule has 0 radical (unpaired) electrons. The van der Waals surface area contributed by atoms with Crippen molar-refractivity contribution in [3.63, 3.8) is 0 Å². The highest BCUT2D eigenvalue weighted by atomic mass is 35.5. The Morgan fingerprint density at radius 2 is 1.84 bits per heavy atom. The topological polar surface area (TPSA) is 111 Å². The van der Waals surface area contributed by atoms with Crippen molar-refractivity contribution in [2.45, 2.75) is 12.8 Å². The van der Waals surface area contributed by atoms with E-state index in [1.165, 1.54) is 24.9 Å². The van der Waals surface area contributed by atoms with E-state index in [0.29, 0.717) is 38.1 Å². The van der Waals surface area contributed by atoms with E-state index >= 15 is 0 Å². The first-order valence-electron chi connectivity index (χ1n) is 11.6. The fourth-order valence-corrected chi connectivity index (χ4v) is 5.22. The van der Waals surface area contributed by atoms with Gasteiger partial charge in [-0.2, -0.15) is 5.26 Å². The first-order valence-corrected chi connectivity index (χ1v) is 13.0. The summed E-state index contributed by atoms with van der Waals surface area (Å²) in [5.74, 6) is -1.06. The normalized spacial score (nSPS) is 14.9. The molecule has 1 atom stereocenters. The molecule has 3 aromatic rings. The number of rotatable bonds is 8. The SMILES string of the molecule is COc1cc(C2C(C#N)=C(SCC(=O)c3ccc(Cl)cc3)NC(C)=C2C(=O)Nc2ccccc2)ccc1O. The molecule has 4 rings (SSSR count). The molecule has 0 aliphatic carbocycles. The number of benzene rings is 3. The van der Waals surface area contributed by atoms with Crippen molar-refractivity contribution in [1.82, 2.24) is 5.32 Å². The number of carbonyl (C=O) groups excluding carboxylic acids is 2. The first kappa shape index (κ1) is 26.9. The van der Waals surface area contributed by atoms with Gasteiger partial charge in [-0.15, -0.1) is 0 Å². The third-order valence-corrected chi connectivity index (χ3v) is 7.24. The van der Waals surface area contributed by atoms with Gasteiger partial charge in [-0.25, -0.2) is 0 Å². The summed E-state index contributed by atoms with van der Waals surface area (Å²) < 4.78 is 5.29. The molecule has 1 amide bonds. The summed E-state index contributed by atoms with van der Waals surface area (Å²) >= 11 is 7.12. The van der Waals surface area contributed by atoms with E-state index in [4.69, 9.17) is 16.3 Å². The molecule has 1 aliphatic rings. The zero-order chi connectivity index (χ0) is 27.2. The monoisotopic (exact) mass is 545 g/mol. The molecular weight excluding hydrogens is 522 g/mol. The molecule has 3 N–H and O–H groups in total. The van der Waals surface area contributed by atoms with E-state index in [9.17, 15) is 20.0 Å². The van der Waals surface area contributed by atoms with Gasteiger partial charge in [-0.05, 0) is 61.0 Å². The number of nitrogens with one attached hydrogen (secondary N) is 2.